The molecule has 1 amide bonds. The first-order chi connectivity index (χ1) is 12.0. The van der Waals surface area contributed by atoms with Crippen LogP contribution in [0.15, 0.2) is 54.6 Å². The SMILES string of the molecule is C[C@H](OC(=O)C[C@H](C)c1ccccc1)C(=O)Nc1cccc(C#N)c1. The Labute approximate surface area is 147 Å². The van der Waals surface area contributed by atoms with E-state index in [2.05, 4.69) is 5.32 Å². The van der Waals surface area contributed by atoms with E-state index >= 15 is 0 Å². The van der Waals surface area contributed by atoms with Crippen LogP contribution in [0.4, 0.5) is 5.69 Å². The minimum Gasteiger partial charge on any atom is -0.453 e. The second-order valence-corrected chi connectivity index (χ2v) is 5.83. The Morgan fingerprint density at radius 3 is 2.52 bits per heavy atom. The van der Waals surface area contributed by atoms with E-state index in [-0.39, 0.29) is 12.3 Å². The van der Waals surface area contributed by atoms with Crippen LogP contribution in [0.3, 0.4) is 0 Å². The summed E-state index contributed by atoms with van der Waals surface area (Å²) in [7, 11) is 0. The molecule has 0 saturated heterocycles. The summed E-state index contributed by atoms with van der Waals surface area (Å²) in [6.45, 7) is 3.46. The predicted molar refractivity (Wildman–Crippen MR) is 94.8 cm³/mol. The van der Waals surface area contributed by atoms with Crippen molar-refractivity contribution >= 4 is 17.6 Å². The van der Waals surface area contributed by atoms with E-state index in [1.807, 2.05) is 43.3 Å². The van der Waals surface area contributed by atoms with Crippen molar-refractivity contribution in [2.75, 3.05) is 5.32 Å². The summed E-state index contributed by atoms with van der Waals surface area (Å²) < 4.78 is 5.22. The Kier molecular flexibility index (Phi) is 6.30. The smallest absolute Gasteiger partial charge is 0.307 e. The molecule has 0 unspecified atom stereocenters. The first-order valence-electron chi connectivity index (χ1n) is 8.05. The molecule has 0 aromatic heterocycles. The summed E-state index contributed by atoms with van der Waals surface area (Å²) >= 11 is 0. The summed E-state index contributed by atoms with van der Waals surface area (Å²) in [5, 5.41) is 11.5. The second-order valence-electron chi connectivity index (χ2n) is 5.83. The van der Waals surface area contributed by atoms with Crippen LogP contribution in [0.1, 0.15) is 37.3 Å². The van der Waals surface area contributed by atoms with Crippen molar-refractivity contribution < 1.29 is 14.3 Å². The number of nitrogens with one attached hydrogen (secondary N) is 1. The zero-order chi connectivity index (χ0) is 18.2. The van der Waals surface area contributed by atoms with Gasteiger partial charge >= 0.3 is 5.97 Å². The van der Waals surface area contributed by atoms with Gasteiger partial charge in [0.1, 0.15) is 0 Å². The molecule has 5 heteroatoms. The molecule has 0 aliphatic carbocycles. The molecular formula is C20H20N2O3. The lowest BCUT2D eigenvalue weighted by Crippen LogP contribution is -2.30. The van der Waals surface area contributed by atoms with Gasteiger partial charge in [-0.2, -0.15) is 5.26 Å². The van der Waals surface area contributed by atoms with E-state index in [9.17, 15) is 9.59 Å². The normalized spacial score (nSPS) is 12.5. The molecule has 0 fully saturated rings. The van der Waals surface area contributed by atoms with Gasteiger partial charge in [0.05, 0.1) is 18.1 Å². The van der Waals surface area contributed by atoms with Crippen LogP contribution < -0.4 is 5.32 Å². The molecule has 2 rings (SSSR count). The standard InChI is InChI=1S/C20H20N2O3/c1-14(17-8-4-3-5-9-17)11-19(23)25-15(2)20(24)22-18-10-6-7-16(12-18)13-21/h3-10,12,14-15H,11H2,1-2H3,(H,22,24)/t14-,15-/m0/s1. The maximum Gasteiger partial charge on any atom is 0.307 e. The molecule has 0 heterocycles. The highest BCUT2D eigenvalue weighted by atomic mass is 16.5. The van der Waals surface area contributed by atoms with E-state index in [1.165, 1.54) is 6.92 Å². The number of nitrogens with zero attached hydrogens (tertiary/aromatic N) is 1. The van der Waals surface area contributed by atoms with Gasteiger partial charge in [-0.25, -0.2) is 0 Å². The van der Waals surface area contributed by atoms with Crippen molar-refractivity contribution in [2.45, 2.75) is 32.3 Å². The van der Waals surface area contributed by atoms with Gasteiger partial charge in [0.2, 0.25) is 0 Å². The number of carbonyl (C=O) groups is 2. The van der Waals surface area contributed by atoms with E-state index in [0.717, 1.165) is 5.56 Å². The van der Waals surface area contributed by atoms with Gasteiger partial charge in [-0.15, -0.1) is 0 Å². The van der Waals surface area contributed by atoms with Crippen LogP contribution in [0, 0.1) is 11.3 Å². The molecule has 2 atom stereocenters. The Balaban J connectivity index is 1.87. The van der Waals surface area contributed by atoms with Gasteiger partial charge in [-0.3, -0.25) is 9.59 Å². The van der Waals surface area contributed by atoms with Crippen molar-refractivity contribution in [1.29, 1.82) is 5.26 Å². The molecule has 0 bridgehead atoms. The maximum absolute atomic E-state index is 12.1. The molecule has 1 N–H and O–H groups in total. The molecule has 0 aliphatic heterocycles. The first kappa shape index (κ1) is 18.2. The average molecular weight is 336 g/mol. The number of benzene rings is 2. The zero-order valence-electron chi connectivity index (χ0n) is 14.2. The van der Waals surface area contributed by atoms with Crippen LogP contribution in [0.5, 0.6) is 0 Å². The fourth-order valence-electron chi connectivity index (χ4n) is 2.36. The van der Waals surface area contributed by atoms with Crippen molar-refractivity contribution in [2.24, 2.45) is 0 Å². The molecule has 25 heavy (non-hydrogen) atoms. The Morgan fingerprint density at radius 2 is 1.84 bits per heavy atom. The largest absolute Gasteiger partial charge is 0.453 e. The highest BCUT2D eigenvalue weighted by Gasteiger charge is 2.20. The van der Waals surface area contributed by atoms with E-state index in [0.29, 0.717) is 11.3 Å². The molecule has 2 aromatic carbocycles. The lowest BCUT2D eigenvalue weighted by Gasteiger charge is -2.16. The topological polar surface area (TPSA) is 79.2 Å². The van der Waals surface area contributed by atoms with Crippen molar-refractivity contribution in [3.63, 3.8) is 0 Å². The van der Waals surface area contributed by atoms with Crippen molar-refractivity contribution in [3.8, 4) is 6.07 Å². The minimum absolute atomic E-state index is 0.0104. The molecule has 5 nitrogen and oxygen atoms in total. The molecular weight excluding hydrogens is 316 g/mol. The summed E-state index contributed by atoms with van der Waals surface area (Å²) in [4.78, 5) is 24.2. The lowest BCUT2D eigenvalue weighted by molar-refractivity contribution is -0.153. The van der Waals surface area contributed by atoms with Gasteiger partial charge in [0.25, 0.3) is 5.91 Å². The number of hydrogen-bond donors (Lipinski definition) is 1. The predicted octanol–water partition coefficient (Wildman–Crippen LogP) is 3.62. The number of amides is 1. The highest BCUT2D eigenvalue weighted by Crippen LogP contribution is 2.19. The Hall–Kier alpha value is -3.13. The molecule has 2 aromatic rings. The van der Waals surface area contributed by atoms with Crippen LogP contribution in [0.2, 0.25) is 0 Å². The monoisotopic (exact) mass is 336 g/mol. The summed E-state index contributed by atoms with van der Waals surface area (Å²) in [6, 6.07) is 18.2. The zero-order valence-corrected chi connectivity index (χ0v) is 14.2. The quantitative estimate of drug-likeness (QED) is 0.817. The van der Waals surface area contributed by atoms with Crippen molar-refractivity contribution in [1.82, 2.24) is 0 Å². The van der Waals surface area contributed by atoms with Gasteiger partial charge in [-0.05, 0) is 36.6 Å². The van der Waals surface area contributed by atoms with Crippen LogP contribution in [-0.2, 0) is 14.3 Å². The number of ether oxygens (including phenoxy) is 1. The first-order valence-corrected chi connectivity index (χ1v) is 8.05. The second kappa shape index (κ2) is 8.65. The number of esters is 1. The molecule has 0 aliphatic rings. The summed E-state index contributed by atoms with van der Waals surface area (Å²) in [5.41, 5.74) is 1.98. The summed E-state index contributed by atoms with van der Waals surface area (Å²) in [6.07, 6.45) is -0.716. The van der Waals surface area contributed by atoms with Gasteiger partial charge in [0.15, 0.2) is 6.10 Å². The third-order valence-corrected chi connectivity index (χ3v) is 3.78. The van der Waals surface area contributed by atoms with Crippen LogP contribution in [0.25, 0.3) is 0 Å². The number of nitriles is 1. The average Bonchev–Trinajstić information content (AvgIpc) is 2.62. The Bertz CT molecular complexity index is 781. The molecule has 128 valence electrons. The van der Waals surface area contributed by atoms with Gasteiger partial charge in [-0.1, -0.05) is 43.3 Å². The number of carbonyl (C=O) groups excluding carboxylic acids is 2. The molecule has 0 radical (unpaired) electrons. The van der Waals surface area contributed by atoms with Gasteiger partial charge < -0.3 is 10.1 Å². The van der Waals surface area contributed by atoms with Crippen LogP contribution >= 0.6 is 0 Å². The van der Waals surface area contributed by atoms with Crippen molar-refractivity contribution in [3.05, 3.63) is 65.7 Å². The van der Waals surface area contributed by atoms with E-state index < -0.39 is 18.0 Å². The minimum atomic E-state index is -0.916. The Morgan fingerprint density at radius 1 is 1.12 bits per heavy atom. The third kappa shape index (κ3) is 5.47. The lowest BCUT2D eigenvalue weighted by atomic mass is 9.98. The third-order valence-electron chi connectivity index (χ3n) is 3.78. The molecule has 0 saturated carbocycles. The van der Waals surface area contributed by atoms with E-state index in [1.54, 1.807) is 24.3 Å². The fraction of sp³-hybridized carbons (Fsp3) is 0.250. The fourth-order valence-corrected chi connectivity index (χ4v) is 2.36. The number of hydrogen-bond acceptors (Lipinski definition) is 4. The summed E-state index contributed by atoms with van der Waals surface area (Å²) in [5.74, 6) is -0.850. The number of anilines is 1. The maximum atomic E-state index is 12.1. The van der Waals surface area contributed by atoms with Gasteiger partial charge in [0, 0.05) is 5.69 Å². The molecule has 0 spiro atoms. The number of rotatable bonds is 6. The van der Waals surface area contributed by atoms with Crippen LogP contribution in [-0.4, -0.2) is 18.0 Å². The van der Waals surface area contributed by atoms with E-state index in [4.69, 9.17) is 10.00 Å². The highest BCUT2D eigenvalue weighted by molar-refractivity contribution is 5.95.